The monoisotopic (exact) mass is 258 g/mol. The quantitative estimate of drug-likeness (QED) is 0.861. The van der Waals surface area contributed by atoms with Gasteiger partial charge in [-0.1, -0.05) is 12.7 Å². The van der Waals surface area contributed by atoms with Crippen LogP contribution in [0.4, 0.5) is 10.2 Å². The number of anilines is 1. The molecule has 2 aromatic rings. The van der Waals surface area contributed by atoms with E-state index in [-0.39, 0.29) is 0 Å². The van der Waals surface area contributed by atoms with Crippen molar-refractivity contribution in [1.82, 2.24) is 14.8 Å². The molecule has 0 aliphatic rings. The summed E-state index contributed by atoms with van der Waals surface area (Å²) in [5, 5.41) is 4.29. The highest BCUT2D eigenvalue weighted by Crippen LogP contribution is 2.26. The number of hydrogen-bond acceptors (Lipinski definition) is 3. The molecule has 0 unspecified atom stereocenters. The number of hydrogen-bond donors (Lipinski definition) is 1. The minimum absolute atomic E-state index is 0.394. The van der Waals surface area contributed by atoms with E-state index in [9.17, 15) is 4.39 Å². The number of pyridine rings is 1. The molecule has 98 valence electrons. The van der Waals surface area contributed by atoms with Crippen molar-refractivity contribution in [3.8, 4) is 11.3 Å². The van der Waals surface area contributed by atoms with Crippen LogP contribution in [0.1, 0.15) is 12.6 Å². The van der Waals surface area contributed by atoms with Gasteiger partial charge in [-0.3, -0.25) is 4.68 Å². The molecule has 0 aliphatic heterocycles. The van der Waals surface area contributed by atoms with Crippen molar-refractivity contribution in [1.29, 1.82) is 0 Å². The van der Waals surface area contributed by atoms with Crippen LogP contribution >= 0.6 is 0 Å². The van der Waals surface area contributed by atoms with E-state index in [0.29, 0.717) is 17.1 Å². The summed E-state index contributed by atoms with van der Waals surface area (Å²) in [6.45, 7) is 5.06. The molecule has 0 saturated heterocycles. The summed E-state index contributed by atoms with van der Waals surface area (Å²) in [6.07, 6.45) is 3.31. The van der Waals surface area contributed by atoms with Crippen molar-refractivity contribution in [2.45, 2.75) is 6.92 Å². The van der Waals surface area contributed by atoms with Crippen molar-refractivity contribution >= 4 is 11.4 Å². The van der Waals surface area contributed by atoms with E-state index >= 15 is 0 Å². The van der Waals surface area contributed by atoms with Crippen LogP contribution in [0, 0.1) is 0 Å². The van der Waals surface area contributed by atoms with Crippen LogP contribution in [0.15, 0.2) is 42.9 Å². The molecule has 2 aromatic heterocycles. The molecule has 5 heteroatoms. The molecule has 0 saturated carbocycles. The van der Waals surface area contributed by atoms with E-state index in [1.165, 1.54) is 0 Å². The second-order valence-corrected chi connectivity index (χ2v) is 4.12. The fraction of sp³-hybridized carbons (Fsp3) is 0.143. The normalized spacial score (nSPS) is 11.6. The summed E-state index contributed by atoms with van der Waals surface area (Å²) in [6, 6.07) is 5.36. The van der Waals surface area contributed by atoms with Gasteiger partial charge in [0.15, 0.2) is 0 Å². The second kappa shape index (κ2) is 5.06. The van der Waals surface area contributed by atoms with Gasteiger partial charge < -0.3 is 5.73 Å². The van der Waals surface area contributed by atoms with Crippen LogP contribution in [0.5, 0.6) is 0 Å². The Bertz CT molecular complexity index is 638. The maximum atomic E-state index is 13.3. The minimum atomic E-state index is -0.498. The molecule has 19 heavy (non-hydrogen) atoms. The van der Waals surface area contributed by atoms with Crippen LogP contribution in [-0.4, -0.2) is 14.8 Å². The van der Waals surface area contributed by atoms with Crippen LogP contribution < -0.4 is 5.73 Å². The SMILES string of the molecule is C=C(F)C(=CC)c1cc(-c2ccc(N)nc2)n(C)n1. The first-order valence-electron chi connectivity index (χ1n) is 5.80. The zero-order valence-corrected chi connectivity index (χ0v) is 10.9. The lowest BCUT2D eigenvalue weighted by atomic mass is 10.1. The van der Waals surface area contributed by atoms with Gasteiger partial charge in [-0.15, -0.1) is 0 Å². The summed E-state index contributed by atoms with van der Waals surface area (Å²) in [5.74, 6) is -0.0417. The van der Waals surface area contributed by atoms with Crippen molar-refractivity contribution in [3.05, 3.63) is 48.6 Å². The smallest absolute Gasteiger partial charge is 0.125 e. The Kier molecular flexibility index (Phi) is 3.46. The predicted octanol–water partition coefficient (Wildman–Crippen LogP) is 2.95. The van der Waals surface area contributed by atoms with Gasteiger partial charge in [0, 0.05) is 24.4 Å². The largest absolute Gasteiger partial charge is 0.384 e. The molecule has 0 atom stereocenters. The van der Waals surface area contributed by atoms with Gasteiger partial charge in [0.25, 0.3) is 0 Å². The van der Waals surface area contributed by atoms with Crippen LogP contribution in [0.25, 0.3) is 16.8 Å². The molecule has 0 spiro atoms. The van der Waals surface area contributed by atoms with Gasteiger partial charge >= 0.3 is 0 Å². The van der Waals surface area contributed by atoms with E-state index in [1.54, 1.807) is 43.1 Å². The highest BCUT2D eigenvalue weighted by molar-refractivity contribution is 5.76. The third-order valence-electron chi connectivity index (χ3n) is 2.82. The first-order chi connectivity index (χ1) is 9.02. The topological polar surface area (TPSA) is 56.7 Å². The zero-order chi connectivity index (χ0) is 14.0. The van der Waals surface area contributed by atoms with Gasteiger partial charge in [-0.05, 0) is 25.1 Å². The summed E-state index contributed by atoms with van der Waals surface area (Å²) in [7, 11) is 1.80. The lowest BCUT2D eigenvalue weighted by Crippen LogP contribution is -1.96. The summed E-state index contributed by atoms with van der Waals surface area (Å²) in [5.41, 5.74) is 8.20. The molecule has 0 aliphatic carbocycles. The number of allylic oxidation sites excluding steroid dienone is 3. The third kappa shape index (κ3) is 2.54. The number of rotatable bonds is 3. The van der Waals surface area contributed by atoms with E-state index in [0.717, 1.165) is 11.3 Å². The van der Waals surface area contributed by atoms with Gasteiger partial charge in [0.05, 0.1) is 11.4 Å². The summed E-state index contributed by atoms with van der Waals surface area (Å²) in [4.78, 5) is 4.04. The van der Waals surface area contributed by atoms with Gasteiger partial charge in [0.2, 0.25) is 0 Å². The molecular weight excluding hydrogens is 243 g/mol. The number of nitrogen functional groups attached to an aromatic ring is 1. The Morgan fingerprint density at radius 3 is 2.74 bits per heavy atom. The number of aromatic nitrogens is 3. The molecule has 2 N–H and O–H groups in total. The average molecular weight is 258 g/mol. The molecule has 4 nitrogen and oxygen atoms in total. The van der Waals surface area contributed by atoms with Crippen molar-refractivity contribution < 1.29 is 4.39 Å². The Labute approximate surface area is 111 Å². The summed E-state index contributed by atoms with van der Waals surface area (Å²) < 4.78 is 15.0. The zero-order valence-electron chi connectivity index (χ0n) is 10.9. The number of aryl methyl sites for hydroxylation is 1. The van der Waals surface area contributed by atoms with Crippen LogP contribution in [-0.2, 0) is 7.05 Å². The van der Waals surface area contributed by atoms with Gasteiger partial charge in [-0.2, -0.15) is 5.10 Å². The fourth-order valence-corrected chi connectivity index (χ4v) is 1.87. The van der Waals surface area contributed by atoms with Crippen LogP contribution in [0.2, 0.25) is 0 Å². The molecular formula is C14H15FN4. The lowest BCUT2D eigenvalue weighted by Gasteiger charge is -2.00. The number of halogens is 1. The Balaban J connectivity index is 2.47. The molecule has 0 fully saturated rings. The standard InChI is InChI=1S/C14H15FN4/c1-4-11(9(2)15)12-7-13(19(3)18-12)10-5-6-14(16)17-8-10/h4-8H,2H2,1,3H3,(H2,16,17). The van der Waals surface area contributed by atoms with Crippen molar-refractivity contribution in [2.24, 2.45) is 7.05 Å². The molecule has 2 rings (SSSR count). The Morgan fingerprint density at radius 2 is 2.21 bits per heavy atom. The molecule has 0 bridgehead atoms. The highest BCUT2D eigenvalue weighted by Gasteiger charge is 2.12. The van der Waals surface area contributed by atoms with E-state index in [4.69, 9.17) is 5.73 Å². The van der Waals surface area contributed by atoms with Crippen molar-refractivity contribution in [3.63, 3.8) is 0 Å². The molecule has 0 radical (unpaired) electrons. The predicted molar refractivity (Wildman–Crippen MR) is 74.8 cm³/mol. The Hall–Kier alpha value is -2.43. The van der Waals surface area contributed by atoms with Crippen LogP contribution in [0.3, 0.4) is 0 Å². The molecule has 0 amide bonds. The second-order valence-electron chi connectivity index (χ2n) is 4.12. The maximum absolute atomic E-state index is 13.3. The first kappa shape index (κ1) is 13.0. The first-order valence-corrected chi connectivity index (χ1v) is 5.80. The number of nitrogens with zero attached hydrogens (tertiary/aromatic N) is 3. The maximum Gasteiger partial charge on any atom is 0.125 e. The molecule has 0 aromatic carbocycles. The van der Waals surface area contributed by atoms with Crippen molar-refractivity contribution in [2.75, 3.05) is 5.73 Å². The number of nitrogens with two attached hydrogens (primary N) is 1. The molecule has 2 heterocycles. The van der Waals surface area contributed by atoms with E-state index in [1.807, 2.05) is 6.07 Å². The average Bonchev–Trinajstić information content (AvgIpc) is 2.72. The fourth-order valence-electron chi connectivity index (χ4n) is 1.87. The highest BCUT2D eigenvalue weighted by atomic mass is 19.1. The summed E-state index contributed by atoms with van der Waals surface area (Å²) >= 11 is 0. The van der Waals surface area contributed by atoms with E-state index < -0.39 is 5.83 Å². The van der Waals surface area contributed by atoms with E-state index in [2.05, 4.69) is 16.7 Å². The third-order valence-corrected chi connectivity index (χ3v) is 2.82. The Morgan fingerprint density at radius 1 is 1.47 bits per heavy atom. The minimum Gasteiger partial charge on any atom is -0.384 e. The lowest BCUT2D eigenvalue weighted by molar-refractivity contribution is 0.675. The van der Waals surface area contributed by atoms with Gasteiger partial charge in [0.1, 0.15) is 11.6 Å². The van der Waals surface area contributed by atoms with Gasteiger partial charge in [-0.25, -0.2) is 9.37 Å².